The molecule has 20 heavy (non-hydrogen) atoms. The van der Waals surface area contributed by atoms with E-state index >= 15 is 0 Å². The van der Waals surface area contributed by atoms with Gasteiger partial charge in [0.25, 0.3) is 0 Å². The first kappa shape index (κ1) is 15.4. The van der Waals surface area contributed by atoms with Crippen LogP contribution in [0.1, 0.15) is 51.0 Å². The Balaban J connectivity index is 2.00. The summed E-state index contributed by atoms with van der Waals surface area (Å²) in [4.78, 5) is 0. The smallest absolute Gasteiger partial charge is 0.129 e. The molecule has 1 saturated carbocycles. The van der Waals surface area contributed by atoms with Gasteiger partial charge in [-0.1, -0.05) is 45.1 Å². The Labute approximate surface area is 120 Å². The highest BCUT2D eigenvalue weighted by Gasteiger charge is 2.21. The molecule has 1 atom stereocenters. The Morgan fingerprint density at radius 1 is 1.15 bits per heavy atom. The Bertz CT molecular complexity index is 393. The zero-order valence-electron chi connectivity index (χ0n) is 12.3. The van der Waals surface area contributed by atoms with Gasteiger partial charge in [0.2, 0.25) is 0 Å². The van der Waals surface area contributed by atoms with Crippen molar-refractivity contribution >= 4 is 0 Å². The standard InChI is InChI=1S/C17H25F2N/c1-2-20-14(11-13-7-4-3-5-8-13)12-15-16(18)9-6-10-17(15)19/h6,9-10,13-14,20H,2-5,7-8,11-12H2,1H3. The molecule has 112 valence electrons. The molecule has 0 bridgehead atoms. The van der Waals surface area contributed by atoms with Gasteiger partial charge in [-0.05, 0) is 37.4 Å². The lowest BCUT2D eigenvalue weighted by Crippen LogP contribution is -2.34. The largest absolute Gasteiger partial charge is 0.314 e. The summed E-state index contributed by atoms with van der Waals surface area (Å²) in [6.07, 6.45) is 7.95. The van der Waals surface area contributed by atoms with E-state index in [1.165, 1.54) is 50.3 Å². The van der Waals surface area contributed by atoms with Gasteiger partial charge in [-0.3, -0.25) is 0 Å². The second-order valence-electron chi connectivity index (χ2n) is 5.90. The van der Waals surface area contributed by atoms with Crippen LogP contribution in [0, 0.1) is 17.6 Å². The lowest BCUT2D eigenvalue weighted by atomic mass is 9.83. The third-order valence-corrected chi connectivity index (χ3v) is 4.35. The first-order chi connectivity index (χ1) is 9.70. The van der Waals surface area contributed by atoms with Gasteiger partial charge in [-0.15, -0.1) is 0 Å². The van der Waals surface area contributed by atoms with Crippen LogP contribution in [0.3, 0.4) is 0 Å². The van der Waals surface area contributed by atoms with Gasteiger partial charge in [-0.25, -0.2) is 8.78 Å². The molecule has 1 nitrogen and oxygen atoms in total. The predicted molar refractivity (Wildman–Crippen MR) is 78.7 cm³/mol. The number of halogens is 2. The van der Waals surface area contributed by atoms with Crippen molar-refractivity contribution in [1.82, 2.24) is 5.32 Å². The lowest BCUT2D eigenvalue weighted by molar-refractivity contribution is 0.296. The maximum Gasteiger partial charge on any atom is 0.129 e. The Kier molecular flexibility index (Phi) is 5.96. The molecule has 1 aromatic rings. The van der Waals surface area contributed by atoms with Crippen molar-refractivity contribution in [2.24, 2.45) is 5.92 Å². The number of likely N-dealkylation sites (N-methyl/N-ethyl adjacent to an activating group) is 1. The van der Waals surface area contributed by atoms with Crippen LogP contribution in [-0.2, 0) is 6.42 Å². The molecular weight excluding hydrogens is 256 g/mol. The molecular formula is C17H25F2N. The van der Waals surface area contributed by atoms with E-state index < -0.39 is 11.6 Å². The zero-order valence-corrected chi connectivity index (χ0v) is 12.3. The Morgan fingerprint density at radius 3 is 2.40 bits per heavy atom. The summed E-state index contributed by atoms with van der Waals surface area (Å²) in [5.74, 6) is -0.129. The quantitative estimate of drug-likeness (QED) is 0.812. The minimum atomic E-state index is -0.420. The average molecular weight is 281 g/mol. The van der Waals surface area contributed by atoms with E-state index in [4.69, 9.17) is 0 Å². The number of benzene rings is 1. The monoisotopic (exact) mass is 281 g/mol. The van der Waals surface area contributed by atoms with Crippen molar-refractivity contribution < 1.29 is 8.78 Å². The van der Waals surface area contributed by atoms with Gasteiger partial charge >= 0.3 is 0 Å². The van der Waals surface area contributed by atoms with Crippen LogP contribution in [-0.4, -0.2) is 12.6 Å². The predicted octanol–water partition coefficient (Wildman–Crippen LogP) is 4.46. The zero-order chi connectivity index (χ0) is 14.4. The highest BCUT2D eigenvalue weighted by molar-refractivity contribution is 5.20. The molecule has 1 aliphatic rings. The van der Waals surface area contributed by atoms with Crippen molar-refractivity contribution in [1.29, 1.82) is 0 Å². The normalized spacial score (nSPS) is 18.1. The molecule has 1 aromatic carbocycles. The minimum Gasteiger partial charge on any atom is -0.314 e. The van der Waals surface area contributed by atoms with Gasteiger partial charge in [-0.2, -0.15) is 0 Å². The molecule has 0 spiro atoms. The second-order valence-corrected chi connectivity index (χ2v) is 5.90. The van der Waals surface area contributed by atoms with Crippen LogP contribution < -0.4 is 5.32 Å². The van der Waals surface area contributed by atoms with Crippen molar-refractivity contribution in [3.8, 4) is 0 Å². The SMILES string of the molecule is CCNC(Cc1c(F)cccc1F)CC1CCCCC1. The van der Waals surface area contributed by atoms with E-state index in [0.717, 1.165) is 13.0 Å². The fourth-order valence-electron chi connectivity index (χ4n) is 3.33. The van der Waals surface area contributed by atoms with E-state index in [1.807, 2.05) is 6.92 Å². The molecule has 0 saturated heterocycles. The molecule has 0 aliphatic heterocycles. The van der Waals surface area contributed by atoms with E-state index in [9.17, 15) is 8.78 Å². The van der Waals surface area contributed by atoms with Gasteiger partial charge < -0.3 is 5.32 Å². The van der Waals surface area contributed by atoms with Crippen LogP contribution in [0.15, 0.2) is 18.2 Å². The molecule has 1 fully saturated rings. The summed E-state index contributed by atoms with van der Waals surface area (Å²) < 4.78 is 27.5. The third-order valence-electron chi connectivity index (χ3n) is 4.35. The van der Waals surface area contributed by atoms with Gasteiger partial charge in [0.15, 0.2) is 0 Å². The van der Waals surface area contributed by atoms with Crippen molar-refractivity contribution in [3.63, 3.8) is 0 Å². The van der Waals surface area contributed by atoms with Crippen molar-refractivity contribution in [2.75, 3.05) is 6.54 Å². The van der Waals surface area contributed by atoms with Gasteiger partial charge in [0.1, 0.15) is 11.6 Å². The highest BCUT2D eigenvalue weighted by Crippen LogP contribution is 2.28. The second kappa shape index (κ2) is 7.72. The fraction of sp³-hybridized carbons (Fsp3) is 0.647. The van der Waals surface area contributed by atoms with Crippen molar-refractivity contribution in [2.45, 2.75) is 57.9 Å². The van der Waals surface area contributed by atoms with Crippen LogP contribution in [0.4, 0.5) is 8.78 Å². The summed E-state index contributed by atoms with van der Waals surface area (Å²) in [6, 6.07) is 4.30. The Hall–Kier alpha value is -0.960. The molecule has 3 heteroatoms. The summed E-state index contributed by atoms with van der Waals surface area (Å²) in [5.41, 5.74) is 0.231. The van der Waals surface area contributed by atoms with Crippen molar-refractivity contribution in [3.05, 3.63) is 35.4 Å². The summed E-state index contributed by atoms with van der Waals surface area (Å²) in [7, 11) is 0. The molecule has 0 radical (unpaired) electrons. The highest BCUT2D eigenvalue weighted by atomic mass is 19.1. The number of hydrogen-bond donors (Lipinski definition) is 1. The van der Waals surface area contributed by atoms with E-state index in [0.29, 0.717) is 12.3 Å². The molecule has 1 unspecified atom stereocenters. The molecule has 1 N–H and O–H groups in total. The molecule has 2 rings (SSSR count). The van der Waals surface area contributed by atoms with Gasteiger partial charge in [0.05, 0.1) is 0 Å². The van der Waals surface area contributed by atoms with Crippen LogP contribution in [0.5, 0.6) is 0 Å². The summed E-state index contributed by atoms with van der Waals surface area (Å²) in [5, 5.41) is 3.40. The maximum atomic E-state index is 13.8. The number of nitrogens with one attached hydrogen (secondary N) is 1. The number of hydrogen-bond acceptors (Lipinski definition) is 1. The Morgan fingerprint density at radius 2 is 1.80 bits per heavy atom. The molecule has 0 amide bonds. The third kappa shape index (κ3) is 4.27. The first-order valence-corrected chi connectivity index (χ1v) is 7.87. The van der Waals surface area contributed by atoms with Gasteiger partial charge in [0, 0.05) is 11.6 Å². The summed E-state index contributed by atoms with van der Waals surface area (Å²) in [6.45, 7) is 2.89. The molecule has 0 heterocycles. The number of rotatable bonds is 6. The molecule has 0 aromatic heterocycles. The van der Waals surface area contributed by atoms with E-state index in [2.05, 4.69) is 5.32 Å². The topological polar surface area (TPSA) is 12.0 Å². The van der Waals surface area contributed by atoms with E-state index in [-0.39, 0.29) is 11.6 Å². The van der Waals surface area contributed by atoms with E-state index in [1.54, 1.807) is 0 Å². The summed E-state index contributed by atoms with van der Waals surface area (Å²) >= 11 is 0. The average Bonchev–Trinajstić information content (AvgIpc) is 2.44. The first-order valence-electron chi connectivity index (χ1n) is 7.87. The lowest BCUT2D eigenvalue weighted by Gasteiger charge is -2.27. The van der Waals surface area contributed by atoms with Crippen LogP contribution in [0.2, 0.25) is 0 Å². The van der Waals surface area contributed by atoms with Crippen LogP contribution >= 0.6 is 0 Å². The minimum absolute atomic E-state index is 0.175. The van der Waals surface area contributed by atoms with Crippen LogP contribution in [0.25, 0.3) is 0 Å². The maximum absolute atomic E-state index is 13.8. The molecule has 1 aliphatic carbocycles. The fourth-order valence-corrected chi connectivity index (χ4v) is 3.33.